The maximum absolute atomic E-state index is 4.20. The number of likely N-dealkylation sites (tertiary alicyclic amines) is 1. The summed E-state index contributed by atoms with van der Waals surface area (Å²) in [7, 11) is 0. The van der Waals surface area contributed by atoms with Crippen LogP contribution < -0.4 is 5.32 Å². The minimum Gasteiger partial charge on any atom is -0.314 e. The molecule has 0 spiro atoms. The summed E-state index contributed by atoms with van der Waals surface area (Å²) < 4.78 is 0. The molecule has 3 unspecified atom stereocenters. The molecule has 3 atom stereocenters. The van der Waals surface area contributed by atoms with Gasteiger partial charge in [-0.3, -0.25) is 9.88 Å². The highest BCUT2D eigenvalue weighted by Gasteiger charge is 2.31. The van der Waals surface area contributed by atoms with Crippen molar-refractivity contribution < 1.29 is 0 Å². The fourth-order valence-corrected chi connectivity index (χ4v) is 2.94. The van der Waals surface area contributed by atoms with Gasteiger partial charge in [0, 0.05) is 37.6 Å². The van der Waals surface area contributed by atoms with E-state index < -0.39 is 0 Å². The summed E-state index contributed by atoms with van der Waals surface area (Å²) in [6, 6.07) is 5.49. The molecule has 0 bridgehead atoms. The van der Waals surface area contributed by atoms with Crippen LogP contribution in [0.3, 0.4) is 0 Å². The first kappa shape index (κ1) is 13.5. The summed E-state index contributed by atoms with van der Waals surface area (Å²) in [6.45, 7) is 10.2. The number of aromatic nitrogens is 1. The van der Waals surface area contributed by atoms with Crippen molar-refractivity contribution in [3.8, 4) is 0 Å². The topological polar surface area (TPSA) is 28.2 Å². The van der Waals surface area contributed by atoms with Gasteiger partial charge in [0.1, 0.15) is 0 Å². The predicted molar refractivity (Wildman–Crippen MR) is 75.4 cm³/mol. The highest BCUT2D eigenvalue weighted by molar-refractivity contribution is 5.09. The molecule has 18 heavy (non-hydrogen) atoms. The van der Waals surface area contributed by atoms with Gasteiger partial charge in [0.15, 0.2) is 0 Å². The molecule has 1 aliphatic heterocycles. The lowest BCUT2D eigenvalue weighted by Crippen LogP contribution is -2.52. The molecule has 1 aliphatic rings. The molecular formula is C15H25N3. The number of pyridine rings is 1. The summed E-state index contributed by atoms with van der Waals surface area (Å²) >= 11 is 0. The standard InChI is InChI=1S/C15H25N3/c1-4-17-15-7-9-18(13(3)12(15)2)11-14-6-5-8-16-10-14/h5-6,8,10,12-13,15,17H,4,7,9,11H2,1-3H3. The van der Waals surface area contributed by atoms with Crippen molar-refractivity contribution in [2.24, 2.45) is 5.92 Å². The van der Waals surface area contributed by atoms with Gasteiger partial charge in [-0.1, -0.05) is 19.9 Å². The maximum atomic E-state index is 4.20. The Morgan fingerprint density at radius 3 is 2.94 bits per heavy atom. The number of nitrogens with one attached hydrogen (secondary N) is 1. The summed E-state index contributed by atoms with van der Waals surface area (Å²) in [5, 5.41) is 3.61. The Morgan fingerprint density at radius 2 is 2.28 bits per heavy atom. The van der Waals surface area contributed by atoms with Crippen LogP contribution in [0.25, 0.3) is 0 Å². The number of piperidine rings is 1. The van der Waals surface area contributed by atoms with Gasteiger partial charge in [-0.25, -0.2) is 0 Å². The van der Waals surface area contributed by atoms with E-state index in [1.54, 1.807) is 0 Å². The molecule has 2 heterocycles. The number of nitrogens with zero attached hydrogens (tertiary/aromatic N) is 2. The van der Waals surface area contributed by atoms with Crippen LogP contribution in [0.4, 0.5) is 0 Å². The fraction of sp³-hybridized carbons (Fsp3) is 0.667. The Labute approximate surface area is 111 Å². The predicted octanol–water partition coefficient (Wildman–Crippen LogP) is 2.29. The lowest BCUT2D eigenvalue weighted by molar-refractivity contribution is 0.0789. The van der Waals surface area contributed by atoms with Crippen LogP contribution in [0.1, 0.15) is 32.8 Å². The Hall–Kier alpha value is -0.930. The molecule has 0 amide bonds. The Balaban J connectivity index is 1.96. The second kappa shape index (κ2) is 6.30. The molecule has 3 heteroatoms. The highest BCUT2D eigenvalue weighted by atomic mass is 15.2. The molecule has 100 valence electrons. The van der Waals surface area contributed by atoms with Gasteiger partial charge >= 0.3 is 0 Å². The molecule has 1 aromatic heterocycles. The first-order chi connectivity index (χ1) is 8.72. The molecule has 0 radical (unpaired) electrons. The molecule has 0 aliphatic carbocycles. The monoisotopic (exact) mass is 247 g/mol. The van der Waals surface area contributed by atoms with Crippen molar-refractivity contribution in [2.75, 3.05) is 13.1 Å². The molecule has 1 saturated heterocycles. The molecule has 1 N–H and O–H groups in total. The van der Waals surface area contributed by atoms with Gasteiger partial charge in [-0.2, -0.15) is 0 Å². The van der Waals surface area contributed by atoms with Crippen molar-refractivity contribution in [2.45, 2.75) is 45.8 Å². The Kier molecular flexibility index (Phi) is 4.72. The zero-order valence-corrected chi connectivity index (χ0v) is 11.8. The van der Waals surface area contributed by atoms with E-state index in [0.29, 0.717) is 18.0 Å². The number of hydrogen-bond donors (Lipinski definition) is 1. The molecule has 3 nitrogen and oxygen atoms in total. The van der Waals surface area contributed by atoms with E-state index in [4.69, 9.17) is 0 Å². The summed E-state index contributed by atoms with van der Waals surface area (Å²) in [5.74, 6) is 0.704. The zero-order chi connectivity index (χ0) is 13.0. The van der Waals surface area contributed by atoms with Crippen molar-refractivity contribution in [1.82, 2.24) is 15.2 Å². The van der Waals surface area contributed by atoms with E-state index in [2.05, 4.69) is 42.0 Å². The van der Waals surface area contributed by atoms with E-state index in [1.165, 1.54) is 18.5 Å². The van der Waals surface area contributed by atoms with Crippen LogP contribution in [-0.2, 0) is 6.54 Å². The molecule has 1 aromatic rings. The second-order valence-corrected chi connectivity index (χ2v) is 5.38. The molecule has 1 fully saturated rings. The molecule has 0 saturated carbocycles. The highest BCUT2D eigenvalue weighted by Crippen LogP contribution is 2.24. The van der Waals surface area contributed by atoms with Crippen molar-refractivity contribution in [1.29, 1.82) is 0 Å². The summed E-state index contributed by atoms with van der Waals surface area (Å²) in [4.78, 5) is 6.78. The van der Waals surface area contributed by atoms with E-state index in [1.807, 2.05) is 18.5 Å². The van der Waals surface area contributed by atoms with E-state index >= 15 is 0 Å². The SMILES string of the molecule is CCNC1CCN(Cc2cccnc2)C(C)C1C. The van der Waals surface area contributed by atoms with Gasteiger partial charge in [0.2, 0.25) is 0 Å². The normalized spacial score (nSPS) is 29.4. The Bertz CT molecular complexity index is 352. The first-order valence-corrected chi connectivity index (χ1v) is 7.08. The second-order valence-electron chi connectivity index (χ2n) is 5.38. The minimum atomic E-state index is 0.628. The van der Waals surface area contributed by atoms with E-state index in [9.17, 15) is 0 Å². The summed E-state index contributed by atoms with van der Waals surface area (Å²) in [6.07, 6.45) is 5.07. The average molecular weight is 247 g/mol. The molecule has 0 aromatic carbocycles. The first-order valence-electron chi connectivity index (χ1n) is 7.08. The van der Waals surface area contributed by atoms with E-state index in [0.717, 1.165) is 13.1 Å². The quantitative estimate of drug-likeness (QED) is 0.885. The van der Waals surface area contributed by atoms with Crippen LogP contribution in [-0.4, -0.2) is 35.1 Å². The average Bonchev–Trinajstić information content (AvgIpc) is 2.40. The van der Waals surface area contributed by atoms with Gasteiger partial charge in [-0.05, 0) is 37.4 Å². The molecule has 2 rings (SSSR count). The third kappa shape index (κ3) is 3.09. The number of hydrogen-bond acceptors (Lipinski definition) is 3. The third-order valence-corrected chi connectivity index (χ3v) is 4.27. The third-order valence-electron chi connectivity index (χ3n) is 4.27. The molecular weight excluding hydrogens is 222 g/mol. The maximum Gasteiger partial charge on any atom is 0.0312 e. The van der Waals surface area contributed by atoms with Crippen molar-refractivity contribution in [3.63, 3.8) is 0 Å². The largest absolute Gasteiger partial charge is 0.314 e. The lowest BCUT2D eigenvalue weighted by atomic mass is 9.86. The van der Waals surface area contributed by atoms with E-state index in [-0.39, 0.29) is 0 Å². The Morgan fingerprint density at radius 1 is 1.44 bits per heavy atom. The van der Waals surface area contributed by atoms with Crippen molar-refractivity contribution >= 4 is 0 Å². The van der Waals surface area contributed by atoms with Crippen LogP contribution in [0.2, 0.25) is 0 Å². The smallest absolute Gasteiger partial charge is 0.0312 e. The van der Waals surface area contributed by atoms with Crippen molar-refractivity contribution in [3.05, 3.63) is 30.1 Å². The van der Waals surface area contributed by atoms with Gasteiger partial charge < -0.3 is 5.32 Å². The zero-order valence-electron chi connectivity index (χ0n) is 11.8. The summed E-state index contributed by atoms with van der Waals surface area (Å²) in [5.41, 5.74) is 1.32. The van der Waals surface area contributed by atoms with Gasteiger partial charge in [0.05, 0.1) is 0 Å². The van der Waals surface area contributed by atoms with Crippen LogP contribution in [0, 0.1) is 5.92 Å². The minimum absolute atomic E-state index is 0.628. The van der Waals surface area contributed by atoms with Crippen LogP contribution in [0.5, 0.6) is 0 Å². The van der Waals surface area contributed by atoms with Crippen LogP contribution in [0.15, 0.2) is 24.5 Å². The van der Waals surface area contributed by atoms with Gasteiger partial charge in [0.25, 0.3) is 0 Å². The van der Waals surface area contributed by atoms with Crippen LogP contribution >= 0.6 is 0 Å². The number of rotatable bonds is 4. The van der Waals surface area contributed by atoms with Gasteiger partial charge in [-0.15, -0.1) is 0 Å². The lowest BCUT2D eigenvalue weighted by Gasteiger charge is -2.43. The fourth-order valence-electron chi connectivity index (χ4n) is 2.94.